The van der Waals surface area contributed by atoms with Gasteiger partial charge in [-0.05, 0) is 39.8 Å². The quantitative estimate of drug-likeness (QED) is 0.877. The minimum atomic E-state index is -0.958. The first kappa shape index (κ1) is 14.6. The molecule has 0 aliphatic rings. The van der Waals surface area contributed by atoms with Crippen molar-refractivity contribution in [3.05, 3.63) is 18.2 Å². The largest absolute Gasteiger partial charge is 0.493 e. The Morgan fingerprint density at radius 1 is 0.944 bits per heavy atom. The van der Waals surface area contributed by atoms with Gasteiger partial charge in [-0.1, -0.05) is 0 Å². The van der Waals surface area contributed by atoms with E-state index in [1.165, 1.54) is 0 Å². The molecule has 1 N–H and O–H groups in total. The van der Waals surface area contributed by atoms with Crippen molar-refractivity contribution in [1.29, 1.82) is 0 Å². The highest BCUT2D eigenvalue weighted by atomic mass is 16.5. The zero-order valence-corrected chi connectivity index (χ0v) is 11.9. The van der Waals surface area contributed by atoms with Crippen molar-refractivity contribution in [1.82, 2.24) is 0 Å². The fraction of sp³-hybridized carbons (Fsp3) is 0.571. The highest BCUT2D eigenvalue weighted by Gasteiger charge is 2.37. The molecular formula is C14H22O4. The zero-order valence-electron chi connectivity index (χ0n) is 11.9. The predicted molar refractivity (Wildman–Crippen MR) is 70.6 cm³/mol. The number of rotatable bonds is 5. The van der Waals surface area contributed by atoms with E-state index < -0.39 is 11.2 Å². The Labute approximate surface area is 108 Å². The number of benzene rings is 1. The summed E-state index contributed by atoms with van der Waals surface area (Å²) in [6.45, 7) is 7.11. The molecule has 0 amide bonds. The van der Waals surface area contributed by atoms with Gasteiger partial charge in [0.1, 0.15) is 11.4 Å². The van der Waals surface area contributed by atoms with Crippen molar-refractivity contribution in [3.63, 3.8) is 0 Å². The van der Waals surface area contributed by atoms with Crippen LogP contribution in [-0.4, -0.2) is 30.5 Å². The lowest BCUT2D eigenvalue weighted by molar-refractivity contribution is -0.0907. The fourth-order valence-electron chi connectivity index (χ4n) is 1.30. The molecule has 0 aliphatic carbocycles. The van der Waals surface area contributed by atoms with Gasteiger partial charge in [0, 0.05) is 6.07 Å². The second-order valence-corrected chi connectivity index (χ2v) is 5.19. The van der Waals surface area contributed by atoms with Crippen LogP contribution in [0.15, 0.2) is 18.2 Å². The van der Waals surface area contributed by atoms with Gasteiger partial charge in [0.05, 0.1) is 19.8 Å². The number of hydrogen-bond acceptors (Lipinski definition) is 4. The second-order valence-electron chi connectivity index (χ2n) is 5.19. The van der Waals surface area contributed by atoms with E-state index in [1.807, 2.05) is 13.8 Å². The molecule has 0 radical (unpaired) electrons. The van der Waals surface area contributed by atoms with E-state index in [4.69, 9.17) is 14.2 Å². The van der Waals surface area contributed by atoms with Gasteiger partial charge in [-0.2, -0.15) is 0 Å². The lowest BCUT2D eigenvalue weighted by Gasteiger charge is -2.37. The molecule has 0 spiro atoms. The molecule has 0 fully saturated rings. The SMILES string of the molecule is COc1ccc(OC(C)(C)C(C)(C)O)cc1OC. The maximum Gasteiger partial charge on any atom is 0.164 e. The third-order valence-electron chi connectivity index (χ3n) is 3.20. The van der Waals surface area contributed by atoms with Crippen LogP contribution < -0.4 is 14.2 Å². The fourth-order valence-corrected chi connectivity index (χ4v) is 1.30. The number of methoxy groups -OCH3 is 2. The van der Waals surface area contributed by atoms with Crippen LogP contribution in [0, 0.1) is 0 Å². The van der Waals surface area contributed by atoms with E-state index in [0.29, 0.717) is 17.2 Å². The second kappa shape index (κ2) is 5.06. The molecule has 0 atom stereocenters. The van der Waals surface area contributed by atoms with Crippen molar-refractivity contribution < 1.29 is 19.3 Å². The Morgan fingerprint density at radius 2 is 1.50 bits per heavy atom. The Hall–Kier alpha value is -1.42. The Bertz CT molecular complexity index is 405. The van der Waals surface area contributed by atoms with E-state index >= 15 is 0 Å². The standard InChI is InChI=1S/C14H22O4/c1-13(2,15)14(3,4)18-10-7-8-11(16-5)12(9-10)17-6/h7-9,15H,1-6H3. The number of ether oxygens (including phenoxy) is 3. The molecule has 0 saturated carbocycles. The monoisotopic (exact) mass is 254 g/mol. The van der Waals surface area contributed by atoms with Gasteiger partial charge < -0.3 is 19.3 Å². The van der Waals surface area contributed by atoms with Crippen molar-refractivity contribution in [2.24, 2.45) is 0 Å². The first-order chi connectivity index (χ1) is 8.21. The molecule has 0 aromatic heterocycles. The molecule has 0 bridgehead atoms. The minimum absolute atomic E-state index is 0.599. The molecule has 0 heterocycles. The molecule has 1 aromatic rings. The highest BCUT2D eigenvalue weighted by molar-refractivity contribution is 5.45. The van der Waals surface area contributed by atoms with Gasteiger partial charge in [-0.15, -0.1) is 0 Å². The zero-order chi connectivity index (χ0) is 14.0. The molecule has 18 heavy (non-hydrogen) atoms. The summed E-state index contributed by atoms with van der Waals surface area (Å²) in [6, 6.07) is 5.30. The van der Waals surface area contributed by atoms with Crippen LogP contribution in [0.3, 0.4) is 0 Å². The van der Waals surface area contributed by atoms with Gasteiger partial charge in [-0.3, -0.25) is 0 Å². The maximum absolute atomic E-state index is 10.1. The molecule has 4 nitrogen and oxygen atoms in total. The summed E-state index contributed by atoms with van der Waals surface area (Å²) >= 11 is 0. The minimum Gasteiger partial charge on any atom is -0.493 e. The Balaban J connectivity index is 2.99. The summed E-state index contributed by atoms with van der Waals surface area (Å²) in [4.78, 5) is 0. The molecular weight excluding hydrogens is 232 g/mol. The number of aliphatic hydroxyl groups is 1. The van der Waals surface area contributed by atoms with E-state index in [9.17, 15) is 5.11 Å². The van der Waals surface area contributed by atoms with Crippen LogP contribution in [0.2, 0.25) is 0 Å². The van der Waals surface area contributed by atoms with E-state index in [-0.39, 0.29) is 0 Å². The van der Waals surface area contributed by atoms with Crippen molar-refractivity contribution >= 4 is 0 Å². The Kier molecular flexibility index (Phi) is 4.12. The average molecular weight is 254 g/mol. The van der Waals surface area contributed by atoms with Crippen molar-refractivity contribution in [2.45, 2.75) is 38.9 Å². The van der Waals surface area contributed by atoms with Crippen molar-refractivity contribution in [2.75, 3.05) is 14.2 Å². The third kappa shape index (κ3) is 3.07. The first-order valence-corrected chi connectivity index (χ1v) is 5.84. The van der Waals surface area contributed by atoms with E-state index in [1.54, 1.807) is 46.3 Å². The van der Waals surface area contributed by atoms with Crippen LogP contribution in [-0.2, 0) is 0 Å². The molecule has 1 aromatic carbocycles. The molecule has 102 valence electrons. The summed E-state index contributed by atoms with van der Waals surface area (Å²) in [5.74, 6) is 1.87. The maximum atomic E-state index is 10.1. The molecule has 1 rings (SSSR count). The smallest absolute Gasteiger partial charge is 0.164 e. The van der Waals surface area contributed by atoms with Gasteiger partial charge >= 0.3 is 0 Å². The van der Waals surface area contributed by atoms with Gasteiger partial charge in [-0.25, -0.2) is 0 Å². The van der Waals surface area contributed by atoms with Crippen LogP contribution in [0.1, 0.15) is 27.7 Å². The van der Waals surface area contributed by atoms with Gasteiger partial charge in [0.15, 0.2) is 11.5 Å². The highest BCUT2D eigenvalue weighted by Crippen LogP contribution is 2.34. The van der Waals surface area contributed by atoms with Crippen LogP contribution in [0.5, 0.6) is 17.2 Å². The summed E-state index contributed by atoms with van der Waals surface area (Å²) < 4.78 is 16.2. The molecule has 0 saturated heterocycles. The lowest BCUT2D eigenvalue weighted by Crippen LogP contribution is -2.49. The van der Waals surface area contributed by atoms with Crippen LogP contribution in [0.4, 0.5) is 0 Å². The topological polar surface area (TPSA) is 47.9 Å². The average Bonchev–Trinajstić information content (AvgIpc) is 2.26. The normalized spacial score (nSPS) is 12.2. The molecule has 4 heteroatoms. The summed E-state index contributed by atoms with van der Waals surface area (Å²) in [5, 5.41) is 10.1. The van der Waals surface area contributed by atoms with E-state index in [2.05, 4.69) is 0 Å². The summed E-state index contributed by atoms with van der Waals surface area (Å²) in [6.07, 6.45) is 0. The van der Waals surface area contributed by atoms with Crippen molar-refractivity contribution in [3.8, 4) is 17.2 Å². The third-order valence-corrected chi connectivity index (χ3v) is 3.20. The lowest BCUT2D eigenvalue weighted by atomic mass is 9.89. The van der Waals surface area contributed by atoms with Gasteiger partial charge in [0.25, 0.3) is 0 Å². The summed E-state index contributed by atoms with van der Waals surface area (Å²) in [5.41, 5.74) is -1.67. The molecule has 0 aliphatic heterocycles. The van der Waals surface area contributed by atoms with Crippen LogP contribution >= 0.6 is 0 Å². The van der Waals surface area contributed by atoms with E-state index in [0.717, 1.165) is 0 Å². The first-order valence-electron chi connectivity index (χ1n) is 5.84. The molecule has 0 unspecified atom stereocenters. The summed E-state index contributed by atoms with van der Waals surface area (Å²) in [7, 11) is 3.15. The Morgan fingerprint density at radius 3 is 1.94 bits per heavy atom. The van der Waals surface area contributed by atoms with Crippen LogP contribution in [0.25, 0.3) is 0 Å². The van der Waals surface area contributed by atoms with Gasteiger partial charge in [0.2, 0.25) is 0 Å². The number of hydrogen-bond donors (Lipinski definition) is 1. The predicted octanol–water partition coefficient (Wildman–Crippen LogP) is 2.63.